The summed E-state index contributed by atoms with van der Waals surface area (Å²) in [6.07, 6.45) is 1.18. The van der Waals surface area contributed by atoms with Gasteiger partial charge in [0.05, 0.1) is 11.4 Å². The summed E-state index contributed by atoms with van der Waals surface area (Å²) < 4.78 is 0. The minimum Gasteiger partial charge on any atom is -0.382 e. The van der Waals surface area contributed by atoms with Crippen LogP contribution in [-0.2, 0) is 0 Å². The summed E-state index contributed by atoms with van der Waals surface area (Å²) in [7, 11) is 0. The number of rotatable bonds is 3. The molecule has 2 aliphatic rings. The summed E-state index contributed by atoms with van der Waals surface area (Å²) in [5.74, 6) is 0.154. The molecule has 1 saturated heterocycles. The van der Waals surface area contributed by atoms with Crippen molar-refractivity contribution in [1.82, 2.24) is 9.80 Å². The summed E-state index contributed by atoms with van der Waals surface area (Å²) in [4.78, 5) is 17.0. The molecule has 0 saturated carbocycles. The van der Waals surface area contributed by atoms with Gasteiger partial charge in [-0.2, -0.15) is 0 Å². The minimum atomic E-state index is 0.154. The Morgan fingerprint density at radius 1 is 1.10 bits per heavy atom. The Hall–Kier alpha value is -1.75. The van der Waals surface area contributed by atoms with Crippen molar-refractivity contribution in [2.24, 2.45) is 0 Å². The smallest absolute Gasteiger partial charge is 0.254 e. The van der Waals surface area contributed by atoms with Crippen molar-refractivity contribution in [2.75, 3.05) is 56.4 Å². The molecule has 0 atom stereocenters. The van der Waals surface area contributed by atoms with Crippen molar-refractivity contribution >= 4 is 17.3 Å². The third kappa shape index (κ3) is 3.13. The van der Waals surface area contributed by atoms with Gasteiger partial charge >= 0.3 is 0 Å². The van der Waals surface area contributed by atoms with Gasteiger partial charge in [-0.25, -0.2) is 0 Å². The van der Waals surface area contributed by atoms with Gasteiger partial charge in [0.15, 0.2) is 0 Å². The molecule has 0 unspecified atom stereocenters. The van der Waals surface area contributed by atoms with E-state index in [1.807, 2.05) is 23.1 Å². The molecule has 1 amide bonds. The fourth-order valence-corrected chi connectivity index (χ4v) is 3.05. The van der Waals surface area contributed by atoms with Crippen LogP contribution in [0.15, 0.2) is 18.2 Å². The average Bonchev–Trinajstić information content (AvgIpc) is 2.55. The van der Waals surface area contributed by atoms with E-state index in [0.717, 1.165) is 62.8 Å². The van der Waals surface area contributed by atoms with Crippen LogP contribution in [0.3, 0.4) is 0 Å². The molecule has 2 heterocycles. The second-order valence-corrected chi connectivity index (χ2v) is 5.75. The van der Waals surface area contributed by atoms with E-state index in [9.17, 15) is 4.79 Å². The first-order valence-electron chi connectivity index (χ1n) is 7.91. The maximum atomic E-state index is 12.6. The molecule has 0 aliphatic carbocycles. The van der Waals surface area contributed by atoms with Crippen molar-refractivity contribution in [2.45, 2.75) is 13.3 Å². The molecule has 0 aromatic heterocycles. The Labute approximate surface area is 126 Å². The molecule has 114 valence electrons. The van der Waals surface area contributed by atoms with Crippen LogP contribution in [0.1, 0.15) is 23.7 Å². The average molecular weight is 288 g/mol. The molecule has 5 nitrogen and oxygen atoms in total. The number of fused-ring (bicyclic) bond motifs is 1. The van der Waals surface area contributed by atoms with E-state index in [2.05, 4.69) is 22.5 Å². The Morgan fingerprint density at radius 3 is 2.52 bits per heavy atom. The van der Waals surface area contributed by atoms with Crippen LogP contribution in [0.4, 0.5) is 11.4 Å². The van der Waals surface area contributed by atoms with Crippen LogP contribution in [-0.4, -0.2) is 61.5 Å². The summed E-state index contributed by atoms with van der Waals surface area (Å²) >= 11 is 0. The van der Waals surface area contributed by atoms with E-state index in [0.29, 0.717) is 0 Å². The lowest BCUT2D eigenvalue weighted by molar-refractivity contribution is 0.0637. The minimum absolute atomic E-state index is 0.154. The van der Waals surface area contributed by atoms with Crippen molar-refractivity contribution in [3.05, 3.63) is 23.8 Å². The van der Waals surface area contributed by atoms with Gasteiger partial charge in [-0.1, -0.05) is 6.92 Å². The number of piperazine rings is 1. The second-order valence-electron chi connectivity index (χ2n) is 5.75. The first kappa shape index (κ1) is 14.2. The van der Waals surface area contributed by atoms with E-state index in [1.54, 1.807) is 0 Å². The van der Waals surface area contributed by atoms with Crippen LogP contribution in [0.5, 0.6) is 0 Å². The number of nitrogens with one attached hydrogen (secondary N) is 2. The fourth-order valence-electron chi connectivity index (χ4n) is 3.05. The predicted octanol–water partition coefficient (Wildman–Crippen LogP) is 1.69. The normalized spacial score (nSPS) is 18.6. The second kappa shape index (κ2) is 6.35. The number of anilines is 2. The van der Waals surface area contributed by atoms with E-state index >= 15 is 0 Å². The van der Waals surface area contributed by atoms with Crippen LogP contribution < -0.4 is 10.6 Å². The van der Waals surface area contributed by atoms with Crippen LogP contribution in [0, 0.1) is 0 Å². The predicted molar refractivity (Wildman–Crippen MR) is 86.1 cm³/mol. The summed E-state index contributed by atoms with van der Waals surface area (Å²) in [6.45, 7) is 8.82. The van der Waals surface area contributed by atoms with Gasteiger partial charge in [-0.15, -0.1) is 0 Å². The van der Waals surface area contributed by atoms with Gasteiger partial charge < -0.3 is 15.5 Å². The zero-order valence-electron chi connectivity index (χ0n) is 12.7. The van der Waals surface area contributed by atoms with Crippen LogP contribution in [0.2, 0.25) is 0 Å². The molecule has 1 fully saturated rings. The van der Waals surface area contributed by atoms with E-state index in [-0.39, 0.29) is 5.91 Å². The molecule has 1 aromatic rings. The molecule has 21 heavy (non-hydrogen) atoms. The lowest BCUT2D eigenvalue weighted by atomic mass is 10.1. The van der Waals surface area contributed by atoms with Crippen molar-refractivity contribution in [3.8, 4) is 0 Å². The van der Waals surface area contributed by atoms with Crippen molar-refractivity contribution in [3.63, 3.8) is 0 Å². The first-order chi connectivity index (χ1) is 10.3. The van der Waals surface area contributed by atoms with Crippen LogP contribution >= 0.6 is 0 Å². The van der Waals surface area contributed by atoms with E-state index in [1.165, 1.54) is 6.42 Å². The zero-order chi connectivity index (χ0) is 14.7. The molecule has 0 bridgehead atoms. The van der Waals surface area contributed by atoms with Crippen LogP contribution in [0.25, 0.3) is 0 Å². The quantitative estimate of drug-likeness (QED) is 0.888. The third-order valence-electron chi connectivity index (χ3n) is 4.22. The van der Waals surface area contributed by atoms with Gasteiger partial charge in [-0.05, 0) is 31.2 Å². The van der Waals surface area contributed by atoms with Gasteiger partial charge in [0.2, 0.25) is 0 Å². The number of nitrogens with zero attached hydrogens (tertiary/aromatic N) is 2. The molecule has 2 N–H and O–H groups in total. The Bertz CT molecular complexity index is 509. The largest absolute Gasteiger partial charge is 0.382 e. The Balaban J connectivity index is 1.66. The number of carbonyl (C=O) groups is 1. The summed E-state index contributed by atoms with van der Waals surface area (Å²) in [5, 5.41) is 6.68. The molecule has 5 heteroatoms. The molecule has 3 rings (SSSR count). The first-order valence-corrected chi connectivity index (χ1v) is 7.91. The molecule has 1 aromatic carbocycles. The lowest BCUT2D eigenvalue weighted by Crippen LogP contribution is -2.48. The highest BCUT2D eigenvalue weighted by Gasteiger charge is 2.22. The highest BCUT2D eigenvalue weighted by Crippen LogP contribution is 2.26. The molecule has 2 aliphatic heterocycles. The summed E-state index contributed by atoms with van der Waals surface area (Å²) in [6, 6.07) is 5.91. The maximum absolute atomic E-state index is 12.6. The summed E-state index contributed by atoms with van der Waals surface area (Å²) in [5.41, 5.74) is 2.91. The number of hydrogen-bond acceptors (Lipinski definition) is 4. The molecular formula is C16H24N4O. The molecule has 0 radical (unpaired) electrons. The molecule has 0 spiro atoms. The maximum Gasteiger partial charge on any atom is 0.254 e. The van der Waals surface area contributed by atoms with Gasteiger partial charge in [-0.3, -0.25) is 9.69 Å². The standard InChI is InChI=1S/C16H24N4O/c1-2-7-19-8-10-20(11-9-19)16(21)13-3-4-14-15(12-13)18-6-5-17-14/h3-4,12,17-18H,2,5-11H2,1H3. The monoisotopic (exact) mass is 288 g/mol. The number of amides is 1. The van der Waals surface area contributed by atoms with Crippen molar-refractivity contribution in [1.29, 1.82) is 0 Å². The number of carbonyl (C=O) groups excluding carboxylic acids is 1. The number of benzene rings is 1. The van der Waals surface area contributed by atoms with E-state index < -0.39 is 0 Å². The fraction of sp³-hybridized carbons (Fsp3) is 0.562. The van der Waals surface area contributed by atoms with Gasteiger partial charge in [0.25, 0.3) is 5.91 Å². The molecular weight excluding hydrogens is 264 g/mol. The van der Waals surface area contributed by atoms with E-state index in [4.69, 9.17) is 0 Å². The van der Waals surface area contributed by atoms with Gasteiger partial charge in [0.1, 0.15) is 0 Å². The zero-order valence-corrected chi connectivity index (χ0v) is 12.7. The van der Waals surface area contributed by atoms with Crippen molar-refractivity contribution < 1.29 is 4.79 Å². The Kier molecular flexibility index (Phi) is 4.29. The Morgan fingerprint density at radius 2 is 1.81 bits per heavy atom. The lowest BCUT2D eigenvalue weighted by Gasteiger charge is -2.34. The highest BCUT2D eigenvalue weighted by molar-refractivity contribution is 5.96. The number of hydrogen-bond donors (Lipinski definition) is 2. The highest BCUT2D eigenvalue weighted by atomic mass is 16.2. The van der Waals surface area contributed by atoms with Gasteiger partial charge in [0, 0.05) is 44.8 Å². The topological polar surface area (TPSA) is 47.6 Å². The third-order valence-corrected chi connectivity index (χ3v) is 4.22. The SMILES string of the molecule is CCCN1CCN(C(=O)c2ccc3c(c2)NCCN3)CC1.